The van der Waals surface area contributed by atoms with Crippen molar-refractivity contribution < 1.29 is 9.90 Å². The highest BCUT2D eigenvalue weighted by atomic mass is 16.4. The second kappa shape index (κ2) is 2.86. The van der Waals surface area contributed by atoms with Crippen LogP contribution in [0, 0.1) is 0 Å². The lowest BCUT2D eigenvalue weighted by molar-refractivity contribution is 0.0697. The van der Waals surface area contributed by atoms with Crippen molar-refractivity contribution in [2.45, 2.75) is 18.9 Å². The third kappa shape index (κ3) is 1.31. The molecule has 2 aromatic rings. The van der Waals surface area contributed by atoms with Crippen LogP contribution in [0.15, 0.2) is 30.5 Å². The predicted molar refractivity (Wildman–Crippen MR) is 57.2 cm³/mol. The molecule has 0 amide bonds. The number of carboxylic acids is 1. The summed E-state index contributed by atoms with van der Waals surface area (Å²) in [7, 11) is 0. The molecule has 1 aliphatic carbocycles. The van der Waals surface area contributed by atoms with Gasteiger partial charge in [0.15, 0.2) is 0 Å². The summed E-state index contributed by atoms with van der Waals surface area (Å²) in [6, 6.07) is 7.92. The van der Waals surface area contributed by atoms with Crippen LogP contribution in [0.4, 0.5) is 0 Å². The first-order valence-electron chi connectivity index (χ1n) is 5.09. The summed E-state index contributed by atoms with van der Waals surface area (Å²) in [5.74, 6) is -0.861. The van der Waals surface area contributed by atoms with E-state index in [0.29, 0.717) is 11.6 Å². The van der Waals surface area contributed by atoms with Crippen LogP contribution in [0.25, 0.3) is 10.9 Å². The molecular weight excluding hydrogens is 190 g/mol. The number of carboxylic acid groups (broad SMARTS) is 1. The Labute approximate surface area is 86.9 Å². The first kappa shape index (κ1) is 8.53. The van der Waals surface area contributed by atoms with Gasteiger partial charge in [0.2, 0.25) is 0 Å². The second-order valence-corrected chi connectivity index (χ2v) is 4.03. The number of carbonyl (C=O) groups is 1. The van der Waals surface area contributed by atoms with E-state index in [0.717, 1.165) is 10.9 Å². The fraction of sp³-hybridized carbons (Fsp3) is 0.250. The van der Waals surface area contributed by atoms with Gasteiger partial charge in [-0.3, -0.25) is 0 Å². The van der Waals surface area contributed by atoms with Crippen molar-refractivity contribution in [2.24, 2.45) is 0 Å². The number of aromatic carboxylic acids is 1. The van der Waals surface area contributed by atoms with Crippen LogP contribution in [-0.2, 0) is 0 Å². The summed E-state index contributed by atoms with van der Waals surface area (Å²) in [6.45, 7) is 0. The normalized spacial score (nSPS) is 15.7. The Morgan fingerprint density at radius 2 is 2.13 bits per heavy atom. The highest BCUT2D eigenvalue weighted by Gasteiger charge is 2.24. The molecule has 1 aromatic heterocycles. The summed E-state index contributed by atoms with van der Waals surface area (Å²) < 4.78 is 2.18. The van der Waals surface area contributed by atoms with Crippen LogP contribution in [-0.4, -0.2) is 15.6 Å². The number of benzene rings is 1. The van der Waals surface area contributed by atoms with Gasteiger partial charge in [-0.2, -0.15) is 0 Å². The van der Waals surface area contributed by atoms with Gasteiger partial charge in [-0.05, 0) is 36.4 Å². The van der Waals surface area contributed by atoms with Crippen LogP contribution in [0.3, 0.4) is 0 Å². The number of hydrogen-bond acceptors (Lipinski definition) is 1. The van der Waals surface area contributed by atoms with E-state index < -0.39 is 5.97 Å². The summed E-state index contributed by atoms with van der Waals surface area (Å²) in [4.78, 5) is 10.9. The minimum atomic E-state index is -0.861. The largest absolute Gasteiger partial charge is 0.478 e. The molecule has 0 atom stereocenters. The van der Waals surface area contributed by atoms with E-state index in [2.05, 4.69) is 4.57 Å². The Morgan fingerprint density at radius 1 is 1.33 bits per heavy atom. The van der Waals surface area contributed by atoms with E-state index in [-0.39, 0.29) is 0 Å². The third-order valence-corrected chi connectivity index (χ3v) is 2.91. The maximum Gasteiger partial charge on any atom is 0.335 e. The first-order chi connectivity index (χ1) is 7.25. The van der Waals surface area contributed by atoms with Crippen molar-refractivity contribution in [3.05, 3.63) is 36.0 Å². The predicted octanol–water partition coefficient (Wildman–Crippen LogP) is 2.67. The molecule has 3 heteroatoms. The molecule has 15 heavy (non-hydrogen) atoms. The Bertz CT molecular complexity index is 538. The highest BCUT2D eigenvalue weighted by Crippen LogP contribution is 2.37. The zero-order valence-electron chi connectivity index (χ0n) is 8.18. The average molecular weight is 201 g/mol. The van der Waals surface area contributed by atoms with Gasteiger partial charge in [-0.25, -0.2) is 4.79 Å². The molecule has 0 aliphatic heterocycles. The fourth-order valence-corrected chi connectivity index (χ4v) is 1.95. The van der Waals surface area contributed by atoms with E-state index in [1.165, 1.54) is 12.8 Å². The molecule has 0 spiro atoms. The van der Waals surface area contributed by atoms with E-state index in [4.69, 9.17) is 5.11 Å². The molecule has 1 heterocycles. The fourth-order valence-electron chi connectivity index (χ4n) is 1.95. The number of aromatic nitrogens is 1. The van der Waals surface area contributed by atoms with Crippen molar-refractivity contribution in [3.8, 4) is 0 Å². The number of nitrogens with zero attached hydrogens (tertiary/aromatic N) is 1. The maximum atomic E-state index is 10.9. The lowest BCUT2D eigenvalue weighted by atomic mass is 10.1. The quantitative estimate of drug-likeness (QED) is 0.811. The molecule has 76 valence electrons. The van der Waals surface area contributed by atoms with Gasteiger partial charge >= 0.3 is 5.97 Å². The van der Waals surface area contributed by atoms with Gasteiger partial charge in [0.25, 0.3) is 0 Å². The number of fused-ring (bicyclic) bond motifs is 1. The monoisotopic (exact) mass is 201 g/mol. The van der Waals surface area contributed by atoms with Crippen molar-refractivity contribution in [1.82, 2.24) is 4.57 Å². The van der Waals surface area contributed by atoms with Crippen molar-refractivity contribution in [2.75, 3.05) is 0 Å². The lowest BCUT2D eigenvalue weighted by Gasteiger charge is -2.02. The molecular formula is C12H11NO2. The number of hydrogen-bond donors (Lipinski definition) is 1. The molecule has 0 unspecified atom stereocenters. The highest BCUT2D eigenvalue weighted by molar-refractivity contribution is 5.93. The molecule has 1 aromatic carbocycles. The van der Waals surface area contributed by atoms with Gasteiger partial charge in [0, 0.05) is 17.8 Å². The van der Waals surface area contributed by atoms with Gasteiger partial charge in [0.05, 0.1) is 5.56 Å². The van der Waals surface area contributed by atoms with Crippen LogP contribution in [0.2, 0.25) is 0 Å². The molecule has 1 fully saturated rings. The molecule has 0 saturated heterocycles. The zero-order valence-corrected chi connectivity index (χ0v) is 8.18. The van der Waals surface area contributed by atoms with Gasteiger partial charge in [0.1, 0.15) is 0 Å². The molecule has 0 radical (unpaired) electrons. The molecule has 1 N–H and O–H groups in total. The maximum absolute atomic E-state index is 10.9. The van der Waals surface area contributed by atoms with Crippen LogP contribution >= 0.6 is 0 Å². The molecule has 1 aliphatic rings. The molecule has 3 nitrogen and oxygen atoms in total. The van der Waals surface area contributed by atoms with Gasteiger partial charge in [-0.15, -0.1) is 0 Å². The van der Waals surface area contributed by atoms with Gasteiger partial charge < -0.3 is 9.67 Å². The van der Waals surface area contributed by atoms with Crippen LogP contribution in [0.1, 0.15) is 29.2 Å². The smallest absolute Gasteiger partial charge is 0.335 e. The summed E-state index contributed by atoms with van der Waals surface area (Å²) >= 11 is 0. The number of rotatable bonds is 2. The average Bonchev–Trinajstić information content (AvgIpc) is 2.98. The minimum absolute atomic E-state index is 0.364. The Balaban J connectivity index is 2.21. The van der Waals surface area contributed by atoms with E-state index in [9.17, 15) is 4.79 Å². The summed E-state index contributed by atoms with van der Waals surface area (Å²) in [5, 5.41) is 10.0. The molecule has 1 saturated carbocycles. The van der Waals surface area contributed by atoms with Crippen LogP contribution < -0.4 is 0 Å². The zero-order chi connectivity index (χ0) is 10.4. The Kier molecular flexibility index (Phi) is 1.63. The Hall–Kier alpha value is -1.77. The third-order valence-electron chi connectivity index (χ3n) is 2.91. The first-order valence-corrected chi connectivity index (χ1v) is 5.09. The van der Waals surface area contributed by atoms with Gasteiger partial charge in [-0.1, -0.05) is 6.07 Å². The van der Waals surface area contributed by atoms with Crippen molar-refractivity contribution in [3.63, 3.8) is 0 Å². The second-order valence-electron chi connectivity index (χ2n) is 4.03. The SMILES string of the molecule is O=C(O)c1ccc2ccn(C3CC3)c2c1. The van der Waals surface area contributed by atoms with Crippen molar-refractivity contribution in [1.29, 1.82) is 0 Å². The standard InChI is InChI=1S/C12H11NO2/c14-12(15)9-2-1-8-5-6-13(10-3-4-10)11(8)7-9/h1-2,5-7,10H,3-4H2,(H,14,15). The van der Waals surface area contributed by atoms with E-state index >= 15 is 0 Å². The lowest BCUT2D eigenvalue weighted by Crippen LogP contribution is -1.97. The summed E-state index contributed by atoms with van der Waals surface area (Å²) in [6.07, 6.45) is 4.47. The molecule has 3 rings (SSSR count). The summed E-state index contributed by atoms with van der Waals surface area (Å²) in [5.41, 5.74) is 1.40. The molecule has 0 bridgehead atoms. The minimum Gasteiger partial charge on any atom is -0.478 e. The Morgan fingerprint density at radius 3 is 2.80 bits per heavy atom. The van der Waals surface area contributed by atoms with Crippen LogP contribution in [0.5, 0.6) is 0 Å². The van der Waals surface area contributed by atoms with E-state index in [1.807, 2.05) is 18.3 Å². The van der Waals surface area contributed by atoms with E-state index in [1.54, 1.807) is 12.1 Å². The topological polar surface area (TPSA) is 42.2 Å². The van der Waals surface area contributed by atoms with Crippen molar-refractivity contribution >= 4 is 16.9 Å².